The zero-order chi connectivity index (χ0) is 10.2. The summed E-state index contributed by atoms with van der Waals surface area (Å²) in [6, 6.07) is 0. The van der Waals surface area contributed by atoms with Crippen LogP contribution in [0.2, 0.25) is 0 Å². The van der Waals surface area contributed by atoms with Crippen LogP contribution >= 0.6 is 0 Å². The van der Waals surface area contributed by atoms with Gasteiger partial charge in [0.15, 0.2) is 0 Å². The SMILES string of the molecule is CCCCCCCC(C)C1=N[N]C=C1. The highest BCUT2D eigenvalue weighted by atomic mass is 15.3. The molecular formula is C12H21N2. The Morgan fingerprint density at radius 1 is 1.21 bits per heavy atom. The van der Waals surface area contributed by atoms with E-state index in [1.807, 2.05) is 6.08 Å². The van der Waals surface area contributed by atoms with Crippen molar-refractivity contribution >= 4 is 5.71 Å². The molecule has 2 nitrogen and oxygen atoms in total. The van der Waals surface area contributed by atoms with Gasteiger partial charge < -0.3 is 0 Å². The lowest BCUT2D eigenvalue weighted by Crippen LogP contribution is -2.06. The Kier molecular flexibility index (Phi) is 5.35. The van der Waals surface area contributed by atoms with Crippen molar-refractivity contribution in [2.45, 2.75) is 52.4 Å². The minimum Gasteiger partial charge on any atom is -0.159 e. The quantitative estimate of drug-likeness (QED) is 0.553. The number of hydrogen-bond acceptors (Lipinski definition) is 1. The zero-order valence-corrected chi connectivity index (χ0v) is 9.37. The van der Waals surface area contributed by atoms with E-state index in [0.717, 1.165) is 5.71 Å². The molecule has 0 aromatic carbocycles. The molecule has 79 valence electrons. The van der Waals surface area contributed by atoms with E-state index in [-0.39, 0.29) is 0 Å². The van der Waals surface area contributed by atoms with Crippen LogP contribution in [0.1, 0.15) is 52.4 Å². The van der Waals surface area contributed by atoms with Gasteiger partial charge in [0, 0.05) is 5.92 Å². The molecule has 0 saturated heterocycles. The van der Waals surface area contributed by atoms with Crippen LogP contribution in [0.4, 0.5) is 0 Å². The Morgan fingerprint density at radius 3 is 2.64 bits per heavy atom. The fraction of sp³-hybridized carbons (Fsp3) is 0.750. The smallest absolute Gasteiger partial charge is 0.0674 e. The molecule has 0 fully saturated rings. The standard InChI is InChI=1S/C12H21N2/c1-3-4-5-6-7-8-11(2)12-9-10-13-14-12/h9-11H,3-8H2,1-2H3. The monoisotopic (exact) mass is 193 g/mol. The minimum absolute atomic E-state index is 0.583. The summed E-state index contributed by atoms with van der Waals surface area (Å²) in [7, 11) is 0. The first-order valence-electron chi connectivity index (χ1n) is 5.79. The molecule has 1 heterocycles. The second-order valence-electron chi connectivity index (χ2n) is 4.06. The Morgan fingerprint density at radius 2 is 2.00 bits per heavy atom. The predicted octanol–water partition coefficient (Wildman–Crippen LogP) is 3.47. The summed E-state index contributed by atoms with van der Waals surface area (Å²) < 4.78 is 0. The molecule has 0 aromatic heterocycles. The predicted molar refractivity (Wildman–Crippen MR) is 61.2 cm³/mol. The van der Waals surface area contributed by atoms with Crippen LogP contribution in [-0.2, 0) is 0 Å². The molecule has 0 amide bonds. The molecule has 1 atom stereocenters. The van der Waals surface area contributed by atoms with Gasteiger partial charge in [0.25, 0.3) is 0 Å². The first-order valence-corrected chi connectivity index (χ1v) is 5.79. The van der Waals surface area contributed by atoms with Gasteiger partial charge in [-0.05, 0) is 12.5 Å². The van der Waals surface area contributed by atoms with Crippen LogP contribution in [0.5, 0.6) is 0 Å². The van der Waals surface area contributed by atoms with Crippen LogP contribution in [0.15, 0.2) is 17.4 Å². The summed E-state index contributed by atoms with van der Waals surface area (Å²) in [6.45, 7) is 4.49. The highest BCUT2D eigenvalue weighted by molar-refractivity contribution is 5.97. The number of unbranched alkanes of at least 4 members (excludes halogenated alkanes) is 4. The van der Waals surface area contributed by atoms with Crippen molar-refractivity contribution in [3.05, 3.63) is 12.3 Å². The summed E-state index contributed by atoms with van der Waals surface area (Å²) in [4.78, 5) is 0. The lowest BCUT2D eigenvalue weighted by Gasteiger charge is -2.08. The molecule has 0 N–H and O–H groups in total. The van der Waals surface area contributed by atoms with E-state index in [2.05, 4.69) is 24.4 Å². The topological polar surface area (TPSA) is 26.5 Å². The van der Waals surface area contributed by atoms with Gasteiger partial charge in [-0.3, -0.25) is 0 Å². The van der Waals surface area contributed by atoms with E-state index in [0.29, 0.717) is 5.92 Å². The normalized spacial score (nSPS) is 16.6. The van der Waals surface area contributed by atoms with Crippen LogP contribution in [-0.4, -0.2) is 5.71 Å². The van der Waals surface area contributed by atoms with E-state index < -0.39 is 0 Å². The van der Waals surface area contributed by atoms with E-state index in [4.69, 9.17) is 0 Å². The molecule has 1 radical (unpaired) electrons. The van der Waals surface area contributed by atoms with Gasteiger partial charge in [-0.1, -0.05) is 46.0 Å². The van der Waals surface area contributed by atoms with Crippen molar-refractivity contribution in [3.63, 3.8) is 0 Å². The average molecular weight is 193 g/mol. The van der Waals surface area contributed by atoms with Crippen molar-refractivity contribution in [2.75, 3.05) is 0 Å². The molecule has 0 spiro atoms. The van der Waals surface area contributed by atoms with Crippen molar-refractivity contribution < 1.29 is 0 Å². The third-order valence-corrected chi connectivity index (χ3v) is 2.73. The zero-order valence-electron chi connectivity index (χ0n) is 9.37. The van der Waals surface area contributed by atoms with Gasteiger partial charge in [0.05, 0.1) is 11.9 Å². The van der Waals surface area contributed by atoms with Crippen molar-refractivity contribution in [1.29, 1.82) is 0 Å². The first-order chi connectivity index (χ1) is 6.84. The first kappa shape index (κ1) is 11.3. The van der Waals surface area contributed by atoms with E-state index in [1.165, 1.54) is 38.5 Å². The molecule has 1 rings (SSSR count). The molecule has 1 aliphatic rings. The van der Waals surface area contributed by atoms with Crippen LogP contribution in [0.25, 0.3) is 0 Å². The lowest BCUT2D eigenvalue weighted by molar-refractivity contribution is 0.566. The number of nitrogens with zero attached hydrogens (tertiary/aromatic N) is 2. The van der Waals surface area contributed by atoms with Gasteiger partial charge in [-0.15, -0.1) is 0 Å². The van der Waals surface area contributed by atoms with Crippen molar-refractivity contribution in [2.24, 2.45) is 11.0 Å². The fourth-order valence-electron chi connectivity index (χ4n) is 1.71. The largest absolute Gasteiger partial charge is 0.159 e. The molecule has 0 saturated carbocycles. The number of allylic oxidation sites excluding steroid dienone is 1. The van der Waals surface area contributed by atoms with Crippen LogP contribution in [0.3, 0.4) is 0 Å². The number of hydrogen-bond donors (Lipinski definition) is 0. The fourth-order valence-corrected chi connectivity index (χ4v) is 1.71. The molecule has 14 heavy (non-hydrogen) atoms. The highest BCUT2D eigenvalue weighted by Crippen LogP contribution is 2.14. The lowest BCUT2D eigenvalue weighted by atomic mass is 9.98. The summed E-state index contributed by atoms with van der Waals surface area (Å²) in [5, 5.41) is 4.08. The highest BCUT2D eigenvalue weighted by Gasteiger charge is 2.10. The Labute approximate surface area is 87.5 Å². The van der Waals surface area contributed by atoms with Gasteiger partial charge in [-0.25, -0.2) is 0 Å². The molecule has 2 heteroatoms. The summed E-state index contributed by atoms with van der Waals surface area (Å²) in [5.74, 6) is 0.583. The third kappa shape index (κ3) is 3.95. The molecule has 1 unspecified atom stereocenters. The Balaban J connectivity index is 2.03. The third-order valence-electron chi connectivity index (χ3n) is 2.73. The second-order valence-corrected chi connectivity index (χ2v) is 4.06. The second kappa shape index (κ2) is 6.63. The van der Waals surface area contributed by atoms with Gasteiger partial charge >= 0.3 is 0 Å². The van der Waals surface area contributed by atoms with E-state index in [9.17, 15) is 0 Å². The minimum atomic E-state index is 0.583. The maximum Gasteiger partial charge on any atom is 0.0674 e. The molecule has 1 aliphatic heterocycles. The summed E-state index contributed by atoms with van der Waals surface area (Å²) in [5.41, 5.74) is 5.00. The van der Waals surface area contributed by atoms with E-state index in [1.54, 1.807) is 6.20 Å². The molecular weight excluding hydrogens is 172 g/mol. The Hall–Kier alpha value is -0.790. The summed E-state index contributed by atoms with van der Waals surface area (Å²) >= 11 is 0. The average Bonchev–Trinajstić information content (AvgIpc) is 2.70. The van der Waals surface area contributed by atoms with Crippen molar-refractivity contribution in [3.8, 4) is 0 Å². The van der Waals surface area contributed by atoms with E-state index >= 15 is 0 Å². The molecule has 0 aromatic rings. The molecule has 0 bridgehead atoms. The van der Waals surface area contributed by atoms with Crippen LogP contribution in [0, 0.1) is 5.92 Å². The maximum absolute atomic E-state index is 4.08. The number of rotatable bonds is 7. The summed E-state index contributed by atoms with van der Waals surface area (Å²) in [6.07, 6.45) is 11.8. The molecule has 0 aliphatic carbocycles. The van der Waals surface area contributed by atoms with Crippen molar-refractivity contribution in [1.82, 2.24) is 5.43 Å². The van der Waals surface area contributed by atoms with Gasteiger partial charge in [-0.2, -0.15) is 10.5 Å². The Bertz CT molecular complexity index is 206. The van der Waals surface area contributed by atoms with Gasteiger partial charge in [0.2, 0.25) is 0 Å². The maximum atomic E-state index is 4.08. The van der Waals surface area contributed by atoms with Gasteiger partial charge in [0.1, 0.15) is 0 Å². The van der Waals surface area contributed by atoms with Crippen LogP contribution < -0.4 is 5.43 Å².